The van der Waals surface area contributed by atoms with Gasteiger partial charge < -0.3 is 10.0 Å². The molecule has 3 unspecified atom stereocenters. The molecule has 0 bridgehead atoms. The molecule has 1 amide bonds. The van der Waals surface area contributed by atoms with Crippen LogP contribution >= 0.6 is 11.8 Å². The van der Waals surface area contributed by atoms with Crippen molar-refractivity contribution in [1.82, 2.24) is 4.90 Å². The lowest BCUT2D eigenvalue weighted by molar-refractivity contribution is -0.135. The minimum atomic E-state index is -0.225. The first-order chi connectivity index (χ1) is 7.58. The van der Waals surface area contributed by atoms with Crippen molar-refractivity contribution in [3.63, 3.8) is 0 Å². The summed E-state index contributed by atoms with van der Waals surface area (Å²) in [6, 6.07) is 0.0468. The summed E-state index contributed by atoms with van der Waals surface area (Å²) in [5.74, 6) is 1.78. The first-order valence-corrected chi connectivity index (χ1v) is 7.13. The molecule has 0 saturated carbocycles. The van der Waals surface area contributed by atoms with E-state index in [9.17, 15) is 9.90 Å². The van der Waals surface area contributed by atoms with E-state index in [1.165, 1.54) is 0 Å². The molecule has 3 atom stereocenters. The van der Waals surface area contributed by atoms with Gasteiger partial charge in [0.25, 0.3) is 0 Å². The van der Waals surface area contributed by atoms with E-state index in [0.717, 1.165) is 31.6 Å². The molecule has 3 nitrogen and oxygen atoms in total. The molecule has 2 saturated heterocycles. The van der Waals surface area contributed by atoms with Crippen molar-refractivity contribution in [3.8, 4) is 0 Å². The minimum Gasteiger partial charge on any atom is -0.394 e. The highest BCUT2D eigenvalue weighted by molar-refractivity contribution is 8.01. The Balaban J connectivity index is 2.09. The number of amides is 1. The van der Waals surface area contributed by atoms with E-state index in [-0.39, 0.29) is 23.3 Å². The van der Waals surface area contributed by atoms with Crippen LogP contribution in [0.5, 0.6) is 0 Å². The number of rotatable bonds is 2. The molecule has 2 rings (SSSR count). The van der Waals surface area contributed by atoms with Crippen LogP contribution in [-0.4, -0.2) is 45.6 Å². The summed E-state index contributed by atoms with van der Waals surface area (Å²) in [6.07, 6.45) is 3.15. The Morgan fingerprint density at radius 3 is 2.94 bits per heavy atom. The zero-order valence-corrected chi connectivity index (χ0v) is 10.9. The fourth-order valence-corrected chi connectivity index (χ4v) is 4.06. The SMILES string of the molecule is CC1CCN(C(=O)C2(C)CCCS2)C1CO. The van der Waals surface area contributed by atoms with Crippen molar-refractivity contribution < 1.29 is 9.90 Å². The Kier molecular flexibility index (Phi) is 3.50. The second-order valence-corrected chi connectivity index (χ2v) is 6.80. The van der Waals surface area contributed by atoms with Crippen LogP contribution in [0.2, 0.25) is 0 Å². The van der Waals surface area contributed by atoms with Crippen molar-refractivity contribution in [2.45, 2.75) is 43.9 Å². The van der Waals surface area contributed by atoms with Crippen LogP contribution in [0.15, 0.2) is 0 Å². The van der Waals surface area contributed by atoms with E-state index in [1.54, 1.807) is 11.8 Å². The van der Waals surface area contributed by atoms with Gasteiger partial charge in [0, 0.05) is 6.54 Å². The monoisotopic (exact) mass is 243 g/mol. The van der Waals surface area contributed by atoms with Gasteiger partial charge in [-0.15, -0.1) is 11.8 Å². The van der Waals surface area contributed by atoms with E-state index in [1.807, 2.05) is 4.90 Å². The van der Waals surface area contributed by atoms with Crippen molar-refractivity contribution in [2.75, 3.05) is 18.9 Å². The first-order valence-electron chi connectivity index (χ1n) is 6.14. The molecule has 4 heteroatoms. The van der Waals surface area contributed by atoms with Gasteiger partial charge in [0.15, 0.2) is 0 Å². The molecule has 2 fully saturated rings. The van der Waals surface area contributed by atoms with Crippen LogP contribution < -0.4 is 0 Å². The number of aliphatic hydroxyl groups excluding tert-OH is 1. The van der Waals surface area contributed by atoms with Gasteiger partial charge in [-0.25, -0.2) is 0 Å². The maximum Gasteiger partial charge on any atom is 0.238 e. The molecule has 0 aromatic heterocycles. The average Bonchev–Trinajstić information content (AvgIpc) is 2.84. The number of carbonyl (C=O) groups is 1. The number of thioether (sulfide) groups is 1. The molecule has 0 aromatic rings. The van der Waals surface area contributed by atoms with E-state index in [2.05, 4.69) is 13.8 Å². The predicted octanol–water partition coefficient (Wildman–Crippen LogP) is 1.50. The summed E-state index contributed by atoms with van der Waals surface area (Å²) in [7, 11) is 0. The highest BCUT2D eigenvalue weighted by Crippen LogP contribution is 2.41. The number of aliphatic hydroxyl groups is 1. The van der Waals surface area contributed by atoms with E-state index >= 15 is 0 Å². The smallest absolute Gasteiger partial charge is 0.238 e. The second-order valence-electron chi connectivity index (χ2n) is 5.20. The number of likely N-dealkylation sites (tertiary alicyclic amines) is 1. The van der Waals surface area contributed by atoms with Gasteiger partial charge in [0.2, 0.25) is 5.91 Å². The lowest BCUT2D eigenvalue weighted by Crippen LogP contribution is -2.48. The second kappa shape index (κ2) is 4.57. The maximum atomic E-state index is 12.5. The molecule has 2 aliphatic heterocycles. The molecular weight excluding hydrogens is 222 g/mol. The Morgan fingerprint density at radius 1 is 1.62 bits per heavy atom. The molecule has 0 aromatic carbocycles. The number of hydrogen-bond acceptors (Lipinski definition) is 3. The standard InChI is InChI=1S/C12H21NO2S/c1-9-4-6-13(10(9)8-14)11(15)12(2)5-3-7-16-12/h9-10,14H,3-8H2,1-2H3. The van der Waals surface area contributed by atoms with Gasteiger partial charge in [0.05, 0.1) is 17.4 Å². The highest BCUT2D eigenvalue weighted by atomic mass is 32.2. The molecule has 2 aliphatic rings. The molecule has 0 radical (unpaired) electrons. The average molecular weight is 243 g/mol. The van der Waals surface area contributed by atoms with E-state index in [0.29, 0.717) is 5.92 Å². The van der Waals surface area contributed by atoms with Crippen molar-refractivity contribution in [2.24, 2.45) is 5.92 Å². The Bertz CT molecular complexity index is 276. The third-order valence-electron chi connectivity index (χ3n) is 4.00. The Hall–Kier alpha value is -0.220. The maximum absolute atomic E-state index is 12.5. The van der Waals surface area contributed by atoms with Crippen molar-refractivity contribution >= 4 is 17.7 Å². The zero-order chi connectivity index (χ0) is 11.8. The summed E-state index contributed by atoms with van der Waals surface area (Å²) in [4.78, 5) is 14.4. The van der Waals surface area contributed by atoms with Gasteiger partial charge in [-0.2, -0.15) is 0 Å². The topological polar surface area (TPSA) is 40.5 Å². The minimum absolute atomic E-state index is 0.0468. The van der Waals surface area contributed by atoms with Gasteiger partial charge in [-0.05, 0) is 37.9 Å². The van der Waals surface area contributed by atoms with Crippen LogP contribution in [0, 0.1) is 5.92 Å². The van der Waals surface area contributed by atoms with Crippen LogP contribution in [0.3, 0.4) is 0 Å². The molecule has 2 heterocycles. The summed E-state index contributed by atoms with van der Waals surface area (Å²) in [6.45, 7) is 5.11. The highest BCUT2D eigenvalue weighted by Gasteiger charge is 2.44. The third-order valence-corrected chi connectivity index (χ3v) is 5.51. The Morgan fingerprint density at radius 2 is 2.38 bits per heavy atom. The summed E-state index contributed by atoms with van der Waals surface area (Å²) in [5, 5.41) is 9.38. The molecule has 16 heavy (non-hydrogen) atoms. The molecule has 0 aliphatic carbocycles. The van der Waals surface area contributed by atoms with Crippen LogP contribution in [0.1, 0.15) is 33.1 Å². The number of carbonyl (C=O) groups excluding carboxylic acids is 1. The molecule has 0 spiro atoms. The summed E-state index contributed by atoms with van der Waals surface area (Å²) >= 11 is 1.78. The summed E-state index contributed by atoms with van der Waals surface area (Å²) < 4.78 is -0.225. The lowest BCUT2D eigenvalue weighted by atomic mass is 10.0. The quantitative estimate of drug-likeness (QED) is 0.799. The lowest BCUT2D eigenvalue weighted by Gasteiger charge is -2.32. The normalized spacial score (nSPS) is 39.3. The van der Waals surface area contributed by atoms with Gasteiger partial charge >= 0.3 is 0 Å². The van der Waals surface area contributed by atoms with Crippen molar-refractivity contribution in [3.05, 3.63) is 0 Å². The zero-order valence-electron chi connectivity index (χ0n) is 10.1. The van der Waals surface area contributed by atoms with Crippen molar-refractivity contribution in [1.29, 1.82) is 0 Å². The molecule has 1 N–H and O–H groups in total. The van der Waals surface area contributed by atoms with Gasteiger partial charge in [-0.3, -0.25) is 4.79 Å². The Labute approximate surface area is 102 Å². The first kappa shape index (κ1) is 12.2. The number of hydrogen-bond donors (Lipinski definition) is 1. The van der Waals surface area contributed by atoms with Crippen LogP contribution in [-0.2, 0) is 4.79 Å². The van der Waals surface area contributed by atoms with E-state index in [4.69, 9.17) is 0 Å². The van der Waals surface area contributed by atoms with Crippen LogP contribution in [0.25, 0.3) is 0 Å². The van der Waals surface area contributed by atoms with E-state index < -0.39 is 0 Å². The van der Waals surface area contributed by atoms with Gasteiger partial charge in [0.1, 0.15) is 0 Å². The largest absolute Gasteiger partial charge is 0.394 e. The van der Waals surface area contributed by atoms with Gasteiger partial charge in [-0.1, -0.05) is 6.92 Å². The third kappa shape index (κ3) is 1.97. The fourth-order valence-electron chi connectivity index (χ4n) is 2.79. The fraction of sp³-hybridized carbons (Fsp3) is 0.917. The number of nitrogens with zero attached hydrogens (tertiary/aromatic N) is 1. The predicted molar refractivity (Wildman–Crippen MR) is 66.5 cm³/mol. The molecular formula is C12H21NO2S. The van der Waals surface area contributed by atoms with Crippen LogP contribution in [0.4, 0.5) is 0 Å². The summed E-state index contributed by atoms with van der Waals surface area (Å²) in [5.41, 5.74) is 0. The molecule has 92 valence electrons.